The highest BCUT2D eigenvalue weighted by molar-refractivity contribution is 7.80. The van der Waals surface area contributed by atoms with Gasteiger partial charge >= 0.3 is 0 Å². The topological polar surface area (TPSA) is 93.5 Å². The Morgan fingerprint density at radius 1 is 1.26 bits per heavy atom. The number of carbonyl (C=O) groups excluding carboxylic acids is 1. The number of non-ortho nitro benzene ring substituents is 1. The average Bonchev–Trinajstić information content (AvgIpc) is 2.66. The Kier molecular flexibility index (Phi) is 7.21. The van der Waals surface area contributed by atoms with Crippen molar-refractivity contribution in [3.05, 3.63) is 82.9 Å². The highest BCUT2D eigenvalue weighted by Crippen LogP contribution is 2.16. The molecule has 0 bridgehead atoms. The van der Waals surface area contributed by atoms with Gasteiger partial charge in [0.1, 0.15) is 12.4 Å². The molecule has 2 aromatic rings. The lowest BCUT2D eigenvalue weighted by atomic mass is 10.2. The maximum absolute atomic E-state index is 11.9. The Labute approximate surface area is 161 Å². The number of nitro benzene ring substituents is 1. The number of rotatable bonds is 7. The Bertz CT molecular complexity index is 879. The third-order valence-electron chi connectivity index (χ3n) is 3.22. The summed E-state index contributed by atoms with van der Waals surface area (Å²) in [6, 6.07) is 13.0. The first kappa shape index (κ1) is 19.8. The third-order valence-corrected chi connectivity index (χ3v) is 3.43. The van der Waals surface area contributed by atoms with Crippen molar-refractivity contribution in [1.82, 2.24) is 5.32 Å². The van der Waals surface area contributed by atoms with Crippen LogP contribution in [0.3, 0.4) is 0 Å². The van der Waals surface area contributed by atoms with Crippen molar-refractivity contribution in [2.24, 2.45) is 0 Å². The number of amides is 1. The zero-order valence-corrected chi connectivity index (χ0v) is 15.1. The fourth-order valence-corrected chi connectivity index (χ4v) is 2.24. The van der Waals surface area contributed by atoms with Crippen LogP contribution in [0.25, 0.3) is 6.08 Å². The summed E-state index contributed by atoms with van der Waals surface area (Å²) in [5, 5.41) is 16.3. The van der Waals surface area contributed by atoms with E-state index in [-0.39, 0.29) is 10.8 Å². The fraction of sp³-hybridized carbons (Fsp3) is 0.0526. The van der Waals surface area contributed by atoms with Crippen LogP contribution in [-0.2, 0) is 4.79 Å². The number of thiocarbonyl (C=S) groups is 1. The van der Waals surface area contributed by atoms with Crippen molar-refractivity contribution in [3.63, 3.8) is 0 Å². The molecular formula is C19H17N3O4S. The van der Waals surface area contributed by atoms with Gasteiger partial charge in [0.25, 0.3) is 5.69 Å². The molecule has 0 aromatic heterocycles. The molecule has 0 radical (unpaired) electrons. The molecule has 0 aliphatic heterocycles. The molecule has 7 nitrogen and oxygen atoms in total. The van der Waals surface area contributed by atoms with Crippen LogP contribution in [0.4, 0.5) is 11.4 Å². The summed E-state index contributed by atoms with van der Waals surface area (Å²) in [6.07, 6.45) is 4.37. The van der Waals surface area contributed by atoms with Crippen LogP contribution < -0.4 is 15.4 Å². The van der Waals surface area contributed by atoms with Crippen LogP contribution in [0.1, 0.15) is 5.56 Å². The summed E-state index contributed by atoms with van der Waals surface area (Å²) < 4.78 is 5.38. The fourth-order valence-electron chi connectivity index (χ4n) is 2.02. The number of nitrogens with one attached hydrogen (secondary N) is 2. The van der Waals surface area contributed by atoms with E-state index in [0.717, 1.165) is 0 Å². The average molecular weight is 383 g/mol. The molecule has 0 heterocycles. The molecular weight excluding hydrogens is 366 g/mol. The molecule has 138 valence electrons. The van der Waals surface area contributed by atoms with Crippen molar-refractivity contribution in [2.75, 3.05) is 11.9 Å². The molecule has 0 atom stereocenters. The van der Waals surface area contributed by atoms with Crippen LogP contribution in [0.15, 0.2) is 67.3 Å². The Balaban J connectivity index is 1.88. The van der Waals surface area contributed by atoms with Crippen LogP contribution in [0.5, 0.6) is 5.75 Å². The largest absolute Gasteiger partial charge is 0.490 e. The Hall–Kier alpha value is -3.52. The van der Waals surface area contributed by atoms with Gasteiger partial charge in [0.05, 0.1) is 4.92 Å². The lowest BCUT2D eigenvalue weighted by molar-refractivity contribution is -0.384. The summed E-state index contributed by atoms with van der Waals surface area (Å²) in [7, 11) is 0. The second-order valence-corrected chi connectivity index (χ2v) is 5.66. The summed E-state index contributed by atoms with van der Waals surface area (Å²) in [5.74, 6) is 0.236. The molecule has 27 heavy (non-hydrogen) atoms. The number of nitro groups is 1. The van der Waals surface area contributed by atoms with Gasteiger partial charge in [0.15, 0.2) is 5.11 Å². The van der Waals surface area contributed by atoms with E-state index in [4.69, 9.17) is 17.0 Å². The molecule has 0 aliphatic carbocycles. The van der Waals surface area contributed by atoms with Crippen molar-refractivity contribution in [1.29, 1.82) is 0 Å². The predicted molar refractivity (Wildman–Crippen MR) is 109 cm³/mol. The molecule has 0 fully saturated rings. The monoisotopic (exact) mass is 383 g/mol. The van der Waals surface area contributed by atoms with Crippen molar-refractivity contribution in [2.45, 2.75) is 0 Å². The first-order valence-corrected chi connectivity index (χ1v) is 8.27. The summed E-state index contributed by atoms with van der Waals surface area (Å²) in [4.78, 5) is 22.2. The van der Waals surface area contributed by atoms with Crippen LogP contribution >= 0.6 is 12.2 Å². The van der Waals surface area contributed by atoms with E-state index >= 15 is 0 Å². The van der Waals surface area contributed by atoms with E-state index in [1.165, 1.54) is 24.3 Å². The van der Waals surface area contributed by atoms with Gasteiger partial charge in [-0.05, 0) is 48.1 Å². The minimum Gasteiger partial charge on any atom is -0.490 e. The number of benzene rings is 2. The minimum atomic E-state index is -0.496. The zero-order chi connectivity index (χ0) is 19.6. The third kappa shape index (κ3) is 6.71. The number of anilines is 1. The maximum Gasteiger partial charge on any atom is 0.270 e. The molecule has 2 rings (SSSR count). The lowest BCUT2D eigenvalue weighted by Gasteiger charge is -2.09. The first-order chi connectivity index (χ1) is 13.0. The second-order valence-electron chi connectivity index (χ2n) is 5.25. The van der Waals surface area contributed by atoms with Crippen LogP contribution in [0.2, 0.25) is 0 Å². The number of ether oxygens (including phenoxy) is 1. The molecule has 0 unspecified atom stereocenters. The highest BCUT2D eigenvalue weighted by Gasteiger charge is 2.05. The van der Waals surface area contributed by atoms with Crippen LogP contribution in [0, 0.1) is 10.1 Å². The van der Waals surface area contributed by atoms with Gasteiger partial charge in [0, 0.05) is 23.9 Å². The number of hydrogen-bond acceptors (Lipinski definition) is 5. The normalized spacial score (nSPS) is 10.2. The van der Waals surface area contributed by atoms with Gasteiger partial charge < -0.3 is 10.1 Å². The van der Waals surface area contributed by atoms with Gasteiger partial charge in [-0.3, -0.25) is 20.2 Å². The standard InChI is InChI=1S/C19H17N3O4S/c1-2-12-26-17-9-7-15(8-10-17)20-19(27)21-18(23)11-6-14-4-3-5-16(13-14)22(24)25/h2-11,13H,1,12H2,(H2,20,21,23,27)/b11-6+. The number of nitrogens with zero attached hydrogens (tertiary/aromatic N) is 1. The Morgan fingerprint density at radius 3 is 2.67 bits per heavy atom. The Morgan fingerprint density at radius 2 is 2.00 bits per heavy atom. The van der Waals surface area contributed by atoms with E-state index < -0.39 is 10.8 Å². The van der Waals surface area contributed by atoms with E-state index in [1.54, 1.807) is 42.5 Å². The van der Waals surface area contributed by atoms with Gasteiger partial charge in [-0.25, -0.2) is 0 Å². The minimum absolute atomic E-state index is 0.0461. The smallest absolute Gasteiger partial charge is 0.270 e. The van der Waals surface area contributed by atoms with Gasteiger partial charge in [-0.15, -0.1) is 0 Å². The quantitative estimate of drug-likeness (QED) is 0.249. The second kappa shape index (κ2) is 9.83. The van der Waals surface area contributed by atoms with E-state index in [9.17, 15) is 14.9 Å². The number of carbonyl (C=O) groups is 1. The molecule has 8 heteroatoms. The van der Waals surface area contributed by atoms with Crippen LogP contribution in [-0.4, -0.2) is 22.5 Å². The molecule has 0 aliphatic rings. The van der Waals surface area contributed by atoms with E-state index in [0.29, 0.717) is 23.6 Å². The van der Waals surface area contributed by atoms with Crippen molar-refractivity contribution >= 4 is 40.7 Å². The summed E-state index contributed by atoms with van der Waals surface area (Å²) in [5.41, 5.74) is 1.18. The highest BCUT2D eigenvalue weighted by atomic mass is 32.1. The molecule has 2 aromatic carbocycles. The number of hydrogen-bond donors (Lipinski definition) is 2. The SMILES string of the molecule is C=CCOc1ccc(NC(=S)NC(=O)/C=C/c2cccc([N+](=O)[O-])c2)cc1. The molecule has 1 amide bonds. The van der Waals surface area contributed by atoms with Gasteiger partial charge in [-0.1, -0.05) is 24.8 Å². The molecule has 0 spiro atoms. The van der Waals surface area contributed by atoms with Crippen molar-refractivity contribution < 1.29 is 14.5 Å². The lowest BCUT2D eigenvalue weighted by Crippen LogP contribution is -2.32. The first-order valence-electron chi connectivity index (χ1n) is 7.86. The summed E-state index contributed by atoms with van der Waals surface area (Å²) >= 11 is 5.09. The van der Waals surface area contributed by atoms with Gasteiger partial charge in [0.2, 0.25) is 5.91 Å². The molecule has 0 saturated heterocycles. The molecule has 2 N–H and O–H groups in total. The molecule has 0 saturated carbocycles. The van der Waals surface area contributed by atoms with E-state index in [1.807, 2.05) is 0 Å². The van der Waals surface area contributed by atoms with Crippen molar-refractivity contribution in [3.8, 4) is 5.75 Å². The summed E-state index contributed by atoms with van der Waals surface area (Å²) in [6.45, 7) is 3.99. The van der Waals surface area contributed by atoms with E-state index in [2.05, 4.69) is 17.2 Å². The predicted octanol–water partition coefficient (Wildman–Crippen LogP) is 3.69. The maximum atomic E-state index is 11.9. The zero-order valence-electron chi connectivity index (χ0n) is 14.3. The van der Waals surface area contributed by atoms with Gasteiger partial charge in [-0.2, -0.15) is 0 Å².